The quantitative estimate of drug-likeness (QED) is 0.713. The Kier molecular flexibility index (Phi) is 6.07. The molecular formula is C14H27N3O2. The van der Waals surface area contributed by atoms with Crippen molar-refractivity contribution < 1.29 is 9.53 Å². The summed E-state index contributed by atoms with van der Waals surface area (Å²) in [7, 11) is 0. The van der Waals surface area contributed by atoms with Crippen LogP contribution in [0.4, 0.5) is 0 Å². The van der Waals surface area contributed by atoms with Crippen LogP contribution in [-0.4, -0.2) is 55.7 Å². The second kappa shape index (κ2) is 7.82. The molecule has 5 heteroatoms. The van der Waals surface area contributed by atoms with Crippen molar-refractivity contribution in [3.05, 3.63) is 0 Å². The third-order valence-corrected chi connectivity index (χ3v) is 4.13. The van der Waals surface area contributed by atoms with E-state index in [1.165, 1.54) is 0 Å². The van der Waals surface area contributed by atoms with Crippen LogP contribution >= 0.6 is 0 Å². The number of nitrogens with zero attached hydrogens (tertiary/aromatic N) is 1. The predicted octanol–water partition coefficient (Wildman–Crippen LogP) is 0.485. The maximum absolute atomic E-state index is 12.0. The third-order valence-electron chi connectivity index (χ3n) is 4.13. The first-order valence-electron chi connectivity index (χ1n) is 7.64. The molecular weight excluding hydrogens is 242 g/mol. The van der Waals surface area contributed by atoms with Crippen LogP contribution in [0.25, 0.3) is 0 Å². The third kappa shape index (κ3) is 4.44. The van der Waals surface area contributed by atoms with E-state index in [2.05, 4.69) is 10.2 Å². The van der Waals surface area contributed by atoms with Gasteiger partial charge in [0, 0.05) is 26.2 Å². The lowest BCUT2D eigenvalue weighted by atomic mass is 10.0. The first kappa shape index (κ1) is 14.8. The van der Waals surface area contributed by atoms with Gasteiger partial charge < -0.3 is 15.8 Å². The molecule has 0 spiro atoms. The van der Waals surface area contributed by atoms with Gasteiger partial charge in [0.1, 0.15) is 0 Å². The highest BCUT2D eigenvalue weighted by molar-refractivity contribution is 5.81. The summed E-state index contributed by atoms with van der Waals surface area (Å²) in [5.41, 5.74) is 5.46. The second-order valence-corrected chi connectivity index (χ2v) is 5.55. The zero-order valence-corrected chi connectivity index (χ0v) is 11.8. The fourth-order valence-electron chi connectivity index (χ4n) is 2.96. The van der Waals surface area contributed by atoms with Crippen LogP contribution in [0, 0.1) is 0 Å². The summed E-state index contributed by atoms with van der Waals surface area (Å²) in [6.45, 7) is 4.26. The molecule has 2 fully saturated rings. The van der Waals surface area contributed by atoms with Gasteiger partial charge in [0.15, 0.2) is 0 Å². The summed E-state index contributed by atoms with van der Waals surface area (Å²) >= 11 is 0. The number of hydrogen-bond acceptors (Lipinski definition) is 4. The molecule has 2 saturated heterocycles. The average molecular weight is 269 g/mol. The van der Waals surface area contributed by atoms with Crippen LogP contribution in [0.15, 0.2) is 0 Å². The number of nitrogens with one attached hydrogen (secondary N) is 1. The minimum Gasteiger partial charge on any atom is -0.378 e. The number of amides is 1. The molecule has 2 aliphatic heterocycles. The molecule has 1 unspecified atom stereocenters. The molecule has 0 radical (unpaired) electrons. The van der Waals surface area contributed by atoms with E-state index < -0.39 is 0 Å². The van der Waals surface area contributed by atoms with E-state index in [1.54, 1.807) is 0 Å². The highest BCUT2D eigenvalue weighted by Crippen LogP contribution is 2.20. The molecule has 0 bridgehead atoms. The Labute approximate surface area is 115 Å². The van der Waals surface area contributed by atoms with Gasteiger partial charge >= 0.3 is 0 Å². The molecule has 19 heavy (non-hydrogen) atoms. The number of rotatable bonds is 5. The van der Waals surface area contributed by atoms with Crippen LogP contribution < -0.4 is 11.1 Å². The monoisotopic (exact) mass is 269 g/mol. The highest BCUT2D eigenvalue weighted by Gasteiger charge is 2.30. The van der Waals surface area contributed by atoms with E-state index in [4.69, 9.17) is 10.5 Å². The molecule has 0 saturated carbocycles. The van der Waals surface area contributed by atoms with Crippen molar-refractivity contribution in [3.8, 4) is 0 Å². The van der Waals surface area contributed by atoms with E-state index in [-0.39, 0.29) is 11.9 Å². The van der Waals surface area contributed by atoms with Gasteiger partial charge in [-0.25, -0.2) is 0 Å². The zero-order valence-electron chi connectivity index (χ0n) is 11.8. The van der Waals surface area contributed by atoms with Crippen LogP contribution in [0.2, 0.25) is 0 Å². The van der Waals surface area contributed by atoms with Crippen molar-refractivity contribution in [2.75, 3.05) is 32.8 Å². The van der Waals surface area contributed by atoms with E-state index in [1.807, 2.05) is 0 Å². The minimum absolute atomic E-state index is 0.0903. The zero-order chi connectivity index (χ0) is 13.5. The Balaban J connectivity index is 1.74. The lowest BCUT2D eigenvalue weighted by molar-refractivity contribution is -0.127. The number of hydrogen-bond donors (Lipinski definition) is 2. The fourth-order valence-corrected chi connectivity index (χ4v) is 2.96. The summed E-state index contributed by atoms with van der Waals surface area (Å²) in [6.07, 6.45) is 6.63. The Morgan fingerprint density at radius 2 is 2.05 bits per heavy atom. The van der Waals surface area contributed by atoms with Crippen LogP contribution in [-0.2, 0) is 9.53 Å². The topological polar surface area (TPSA) is 67.6 Å². The Bertz CT molecular complexity index is 278. The number of ether oxygens (including phenoxy) is 1. The van der Waals surface area contributed by atoms with Crippen LogP contribution in [0.1, 0.15) is 38.5 Å². The number of carbonyl (C=O) groups excluding carboxylic acids is 1. The summed E-state index contributed by atoms with van der Waals surface area (Å²) in [5.74, 6) is 0.222. The summed E-state index contributed by atoms with van der Waals surface area (Å²) in [5, 5.41) is 3.02. The number of carbonyl (C=O) groups is 1. The lowest BCUT2D eigenvalue weighted by Gasteiger charge is -2.36. The number of nitrogens with two attached hydrogens (primary N) is 1. The molecule has 3 N–H and O–H groups in total. The molecule has 0 aromatic rings. The molecule has 5 nitrogen and oxygen atoms in total. The molecule has 1 amide bonds. The van der Waals surface area contributed by atoms with E-state index in [9.17, 15) is 4.79 Å². The predicted molar refractivity (Wildman–Crippen MR) is 74.9 cm³/mol. The molecule has 0 aromatic carbocycles. The van der Waals surface area contributed by atoms with Crippen molar-refractivity contribution in [1.29, 1.82) is 0 Å². The minimum atomic E-state index is 0.0903. The van der Waals surface area contributed by atoms with Gasteiger partial charge in [0.05, 0.1) is 12.1 Å². The molecule has 2 aliphatic rings. The van der Waals surface area contributed by atoms with E-state index in [0.29, 0.717) is 12.6 Å². The van der Waals surface area contributed by atoms with Crippen molar-refractivity contribution in [2.24, 2.45) is 5.73 Å². The average Bonchev–Trinajstić information content (AvgIpc) is 2.65. The first-order chi connectivity index (χ1) is 9.31. The van der Waals surface area contributed by atoms with Gasteiger partial charge in [-0.1, -0.05) is 0 Å². The van der Waals surface area contributed by atoms with E-state index in [0.717, 1.165) is 64.8 Å². The van der Waals surface area contributed by atoms with E-state index >= 15 is 0 Å². The largest absolute Gasteiger partial charge is 0.378 e. The van der Waals surface area contributed by atoms with Crippen molar-refractivity contribution in [3.63, 3.8) is 0 Å². The Morgan fingerprint density at radius 1 is 1.26 bits per heavy atom. The molecule has 1 atom stereocenters. The second-order valence-electron chi connectivity index (χ2n) is 5.55. The van der Waals surface area contributed by atoms with Gasteiger partial charge in [-0.05, 0) is 45.1 Å². The number of likely N-dealkylation sites (tertiary alicyclic amines) is 1. The van der Waals surface area contributed by atoms with Gasteiger partial charge in [-0.2, -0.15) is 0 Å². The summed E-state index contributed by atoms with van der Waals surface area (Å²) in [4.78, 5) is 14.3. The van der Waals surface area contributed by atoms with Crippen LogP contribution in [0.3, 0.4) is 0 Å². The van der Waals surface area contributed by atoms with Gasteiger partial charge in [-0.15, -0.1) is 0 Å². The molecule has 2 rings (SSSR count). The summed E-state index contributed by atoms with van der Waals surface area (Å²) in [6, 6.07) is 0.0903. The first-order valence-corrected chi connectivity index (χ1v) is 7.64. The normalized spacial score (nSPS) is 27.0. The smallest absolute Gasteiger partial charge is 0.237 e. The maximum Gasteiger partial charge on any atom is 0.237 e. The molecule has 0 aliphatic carbocycles. The molecule has 2 heterocycles. The van der Waals surface area contributed by atoms with Crippen LogP contribution in [0.5, 0.6) is 0 Å². The Hall–Kier alpha value is -0.650. The SMILES string of the molecule is NCCCOC1CCN(C2CCCCNC2=O)CC1. The van der Waals surface area contributed by atoms with Gasteiger partial charge in [-0.3, -0.25) is 9.69 Å². The van der Waals surface area contributed by atoms with Gasteiger partial charge in [0.2, 0.25) is 5.91 Å². The molecule has 0 aromatic heterocycles. The lowest BCUT2D eigenvalue weighted by Crippen LogP contribution is -2.50. The number of piperidine rings is 1. The maximum atomic E-state index is 12.0. The standard InChI is InChI=1S/C14H27N3O2/c15-7-3-11-19-12-5-9-17(10-6-12)13-4-1-2-8-16-14(13)18/h12-13H,1-11,15H2,(H,16,18). The highest BCUT2D eigenvalue weighted by atomic mass is 16.5. The van der Waals surface area contributed by atoms with Gasteiger partial charge in [0.25, 0.3) is 0 Å². The Morgan fingerprint density at radius 3 is 2.79 bits per heavy atom. The summed E-state index contributed by atoms with van der Waals surface area (Å²) < 4.78 is 5.80. The fraction of sp³-hybridized carbons (Fsp3) is 0.929. The molecule has 110 valence electrons. The van der Waals surface area contributed by atoms with Crippen molar-refractivity contribution >= 4 is 5.91 Å². The van der Waals surface area contributed by atoms with Crippen molar-refractivity contribution in [2.45, 2.75) is 50.7 Å². The van der Waals surface area contributed by atoms with Crippen molar-refractivity contribution in [1.82, 2.24) is 10.2 Å².